The van der Waals surface area contributed by atoms with E-state index in [1.807, 2.05) is 103 Å². The molecule has 6 aromatic rings. The molecule has 1 aliphatic rings. The van der Waals surface area contributed by atoms with E-state index in [-0.39, 0.29) is 34.6 Å². The van der Waals surface area contributed by atoms with Gasteiger partial charge in [-0.1, -0.05) is 126 Å². The molecule has 0 radical (unpaired) electrons. The number of aromatic nitrogens is 1. The van der Waals surface area contributed by atoms with E-state index in [1.165, 1.54) is 13.8 Å². The molecule has 7 rings (SSSR count). The molecule has 61 heavy (non-hydrogen) atoms. The Balaban J connectivity index is 1.53. The SMILES string of the molecule is CC(=O)OCC#Cc1ccc(C2=[N+](C)/C(=C(/c3c(Cl)cccc3Cl)c3c(-c4ccccc4)cc(-c4ccc(C#CCOC(C)=O)cc4)n3B(F)F)C(c3ccccc3)=C2)cc1. The van der Waals surface area contributed by atoms with E-state index in [0.29, 0.717) is 39.1 Å². The van der Waals surface area contributed by atoms with Gasteiger partial charge in [0.1, 0.15) is 7.05 Å². The molecular weight excluding hydrogens is 812 g/mol. The van der Waals surface area contributed by atoms with Crippen LogP contribution in [-0.2, 0) is 19.1 Å². The van der Waals surface area contributed by atoms with Gasteiger partial charge >= 0.3 is 19.3 Å². The average Bonchev–Trinajstić information content (AvgIpc) is 3.82. The molecule has 1 aliphatic heterocycles. The summed E-state index contributed by atoms with van der Waals surface area (Å²) in [5.41, 5.74) is 8.17. The first-order valence-electron chi connectivity index (χ1n) is 19.1. The number of carbonyl (C=O) groups excluding carboxylic acids is 2. The second kappa shape index (κ2) is 19.0. The molecule has 0 N–H and O–H groups in total. The zero-order chi connectivity index (χ0) is 43.0. The molecule has 0 saturated carbocycles. The third-order valence-electron chi connectivity index (χ3n) is 9.84. The number of hydrogen-bond donors (Lipinski definition) is 0. The van der Waals surface area contributed by atoms with Gasteiger partial charge < -0.3 is 14.0 Å². The first-order chi connectivity index (χ1) is 29.5. The van der Waals surface area contributed by atoms with Crippen molar-refractivity contribution in [2.45, 2.75) is 13.8 Å². The van der Waals surface area contributed by atoms with Crippen LogP contribution >= 0.6 is 23.2 Å². The molecule has 0 bridgehead atoms. The fourth-order valence-electron chi connectivity index (χ4n) is 7.15. The van der Waals surface area contributed by atoms with Gasteiger partial charge in [-0.25, -0.2) is 0 Å². The van der Waals surface area contributed by atoms with E-state index in [0.717, 1.165) is 32.5 Å². The predicted molar refractivity (Wildman–Crippen MR) is 239 cm³/mol. The molecule has 0 saturated heterocycles. The van der Waals surface area contributed by atoms with Crippen LogP contribution in [0.2, 0.25) is 10.0 Å². The number of likely N-dealkylation sites (N-methyl/N-ethyl adjacent to an activating group) is 1. The summed E-state index contributed by atoms with van der Waals surface area (Å²) in [7, 11) is -1.12. The van der Waals surface area contributed by atoms with Crippen LogP contribution in [0.25, 0.3) is 33.5 Å². The zero-order valence-electron chi connectivity index (χ0n) is 33.3. The van der Waals surface area contributed by atoms with E-state index < -0.39 is 19.3 Å². The third-order valence-corrected chi connectivity index (χ3v) is 10.5. The summed E-state index contributed by atoms with van der Waals surface area (Å²) in [6.07, 6.45) is 2.04. The number of halogens is 4. The fourth-order valence-corrected chi connectivity index (χ4v) is 7.74. The highest BCUT2D eigenvalue weighted by Gasteiger charge is 2.39. The van der Waals surface area contributed by atoms with Crippen molar-refractivity contribution in [2.75, 3.05) is 20.3 Å². The summed E-state index contributed by atoms with van der Waals surface area (Å²) < 4.78 is 45.3. The highest BCUT2D eigenvalue weighted by atomic mass is 35.5. The van der Waals surface area contributed by atoms with E-state index in [4.69, 9.17) is 32.7 Å². The van der Waals surface area contributed by atoms with E-state index >= 15 is 8.63 Å². The summed E-state index contributed by atoms with van der Waals surface area (Å²) in [5, 5.41) is 0.556. The zero-order valence-corrected chi connectivity index (χ0v) is 34.8. The molecule has 300 valence electrons. The molecule has 0 atom stereocenters. The van der Waals surface area contributed by atoms with Crippen molar-refractivity contribution in [1.29, 1.82) is 0 Å². The van der Waals surface area contributed by atoms with Crippen molar-refractivity contribution in [3.8, 4) is 46.1 Å². The van der Waals surface area contributed by atoms with Crippen molar-refractivity contribution < 1.29 is 32.3 Å². The Morgan fingerprint density at radius 3 is 1.69 bits per heavy atom. The summed E-state index contributed by atoms with van der Waals surface area (Å²) >= 11 is 14.3. The molecule has 11 heteroatoms. The molecular formula is C50H36BCl2F2N2O4+. The van der Waals surface area contributed by atoms with Gasteiger partial charge in [-0.05, 0) is 71.3 Å². The van der Waals surface area contributed by atoms with Crippen LogP contribution in [0.3, 0.4) is 0 Å². The largest absolute Gasteiger partial charge is 0.678 e. The monoisotopic (exact) mass is 847 g/mol. The molecule has 2 heterocycles. The molecule has 1 aromatic heterocycles. The van der Waals surface area contributed by atoms with Crippen molar-refractivity contribution in [2.24, 2.45) is 0 Å². The Kier molecular flexibility index (Phi) is 13.1. The number of carbonyl (C=O) groups is 2. The van der Waals surface area contributed by atoms with Crippen LogP contribution in [-0.4, -0.2) is 54.4 Å². The number of hydrogen-bond acceptors (Lipinski definition) is 4. The maximum absolute atomic E-state index is 16.2. The van der Waals surface area contributed by atoms with Crippen LogP contribution in [0.15, 0.2) is 145 Å². The van der Waals surface area contributed by atoms with Crippen LogP contribution < -0.4 is 0 Å². The number of nitrogens with zero attached hydrogens (tertiary/aromatic N) is 2. The molecule has 0 aliphatic carbocycles. The minimum Gasteiger partial charge on any atom is -0.453 e. The minimum absolute atomic E-state index is 0.0199. The van der Waals surface area contributed by atoms with Crippen LogP contribution in [0, 0.1) is 23.7 Å². The maximum Gasteiger partial charge on any atom is 0.678 e. The molecule has 5 aromatic carbocycles. The Hall–Kier alpha value is -6.91. The Bertz CT molecular complexity index is 2840. The Labute approximate surface area is 363 Å². The van der Waals surface area contributed by atoms with Gasteiger partial charge in [0.2, 0.25) is 11.4 Å². The highest BCUT2D eigenvalue weighted by molar-refractivity contribution is 6.43. The number of ether oxygens (including phenoxy) is 2. The van der Waals surface area contributed by atoms with Gasteiger partial charge in [0.05, 0.1) is 26.9 Å². The summed E-state index contributed by atoms with van der Waals surface area (Å²) in [6, 6.07) is 40.6. The van der Waals surface area contributed by atoms with Crippen LogP contribution in [0.1, 0.15) is 47.4 Å². The van der Waals surface area contributed by atoms with Crippen molar-refractivity contribution in [3.05, 3.63) is 189 Å². The molecule has 6 nitrogen and oxygen atoms in total. The minimum atomic E-state index is -3.02. The van der Waals surface area contributed by atoms with Crippen molar-refractivity contribution >= 4 is 59.4 Å². The number of allylic oxidation sites excluding steroid dienone is 2. The van der Waals surface area contributed by atoms with Gasteiger partial charge in [0.25, 0.3) is 0 Å². The lowest BCUT2D eigenvalue weighted by Crippen LogP contribution is -2.20. The van der Waals surface area contributed by atoms with Gasteiger partial charge in [-0.15, -0.1) is 0 Å². The topological polar surface area (TPSA) is 60.5 Å². The van der Waals surface area contributed by atoms with E-state index in [1.54, 1.807) is 48.5 Å². The van der Waals surface area contributed by atoms with Gasteiger partial charge in [-0.2, -0.15) is 4.58 Å². The lowest BCUT2D eigenvalue weighted by atomic mass is 9.90. The lowest BCUT2D eigenvalue weighted by Gasteiger charge is -2.19. The maximum atomic E-state index is 16.2. The predicted octanol–water partition coefficient (Wildman–Crippen LogP) is 10.7. The number of rotatable bonds is 9. The van der Waals surface area contributed by atoms with Crippen LogP contribution in [0.4, 0.5) is 8.63 Å². The Morgan fingerprint density at radius 2 is 1.18 bits per heavy atom. The Morgan fingerprint density at radius 1 is 0.672 bits per heavy atom. The second-order valence-corrected chi connectivity index (χ2v) is 14.6. The third kappa shape index (κ3) is 9.45. The highest BCUT2D eigenvalue weighted by Crippen LogP contribution is 2.48. The van der Waals surface area contributed by atoms with E-state index in [2.05, 4.69) is 23.7 Å². The summed E-state index contributed by atoms with van der Waals surface area (Å²) in [6.45, 7) is 2.55. The standard InChI is InChI=1S/C50H36BCl2F2N2O4/c1-33(58)60-29-11-13-35-21-25-39(26-22-35)45-31-41(37-15-6-4-7-16-37)49(56(45)3)48(47-43(52)19-10-20-44(47)53)50-42(38-17-8-5-9-18-38)32-46(57(50)51(54)55)40-27-23-36(24-28-40)14-12-30-61-34(2)59/h4-10,15-28,31-32H,29-30H2,1-3H3/q+1. The lowest BCUT2D eigenvalue weighted by molar-refractivity contribution is -0.430. The molecule has 0 fully saturated rings. The summed E-state index contributed by atoms with van der Waals surface area (Å²) in [4.78, 5) is 22.4. The van der Waals surface area contributed by atoms with Crippen LogP contribution in [0.5, 0.6) is 0 Å². The van der Waals surface area contributed by atoms with Gasteiger partial charge in [-0.3, -0.25) is 18.2 Å². The van der Waals surface area contributed by atoms with Crippen molar-refractivity contribution in [3.63, 3.8) is 0 Å². The van der Waals surface area contributed by atoms with E-state index in [9.17, 15) is 9.59 Å². The van der Waals surface area contributed by atoms with Crippen molar-refractivity contribution in [1.82, 2.24) is 4.48 Å². The molecule has 0 spiro atoms. The first kappa shape index (κ1) is 42.2. The molecule has 0 unspecified atom stereocenters. The van der Waals surface area contributed by atoms with Gasteiger partial charge in [0.15, 0.2) is 13.2 Å². The quantitative estimate of drug-likeness (QED) is 0.0629. The normalized spacial score (nSPS) is 12.7. The number of benzene rings is 5. The summed E-state index contributed by atoms with van der Waals surface area (Å²) in [5.74, 6) is 10.8. The smallest absolute Gasteiger partial charge is 0.453 e. The van der Waals surface area contributed by atoms with Gasteiger partial charge in [0, 0.05) is 53.4 Å². The number of esters is 2. The first-order valence-corrected chi connectivity index (χ1v) is 19.9. The fraction of sp³-hybridized carbons (Fsp3) is 0.100. The average molecular weight is 849 g/mol. The second-order valence-electron chi connectivity index (χ2n) is 13.8. The molecule has 0 amide bonds.